The third-order valence-electron chi connectivity index (χ3n) is 4.91. The van der Waals surface area contributed by atoms with Crippen LogP contribution in [-0.4, -0.2) is 31.1 Å². The molecule has 148 valence electrons. The van der Waals surface area contributed by atoms with Crippen LogP contribution in [0.25, 0.3) is 0 Å². The zero-order valence-corrected chi connectivity index (χ0v) is 16.5. The Bertz CT molecular complexity index is 857. The third-order valence-corrected chi connectivity index (χ3v) is 4.91. The van der Waals surface area contributed by atoms with E-state index in [4.69, 9.17) is 10.5 Å². The summed E-state index contributed by atoms with van der Waals surface area (Å²) in [5.41, 5.74) is 10.9. The van der Waals surface area contributed by atoms with Crippen molar-refractivity contribution in [2.45, 2.75) is 39.3 Å². The quantitative estimate of drug-likeness (QED) is 0.531. The van der Waals surface area contributed by atoms with Crippen LogP contribution in [0.3, 0.4) is 0 Å². The van der Waals surface area contributed by atoms with Crippen molar-refractivity contribution in [2.75, 3.05) is 18.5 Å². The molecule has 1 amide bonds. The number of carbonyl (C=O) groups excluding carboxylic acids is 1. The van der Waals surface area contributed by atoms with Crippen LogP contribution in [-0.2, 0) is 11.3 Å². The Balaban J connectivity index is 1.56. The van der Waals surface area contributed by atoms with Crippen LogP contribution >= 0.6 is 0 Å². The molecule has 0 saturated carbocycles. The van der Waals surface area contributed by atoms with Gasteiger partial charge in [0.15, 0.2) is 5.96 Å². The van der Waals surface area contributed by atoms with Gasteiger partial charge in [0, 0.05) is 24.4 Å². The largest absolute Gasteiger partial charge is 0.376 e. The van der Waals surface area contributed by atoms with E-state index in [1.54, 1.807) is 6.07 Å². The number of nitrogens with zero attached hydrogens (tertiary/aromatic N) is 1. The molecule has 2 aromatic rings. The van der Waals surface area contributed by atoms with Gasteiger partial charge in [-0.25, -0.2) is 4.99 Å². The van der Waals surface area contributed by atoms with E-state index in [1.807, 2.05) is 36.4 Å². The number of aryl methyl sites for hydroxylation is 2. The molecule has 0 aliphatic carbocycles. The smallest absolute Gasteiger partial charge is 0.251 e. The molecule has 0 radical (unpaired) electrons. The second-order valence-corrected chi connectivity index (χ2v) is 7.17. The summed E-state index contributed by atoms with van der Waals surface area (Å²) in [6.07, 6.45) is 2.20. The average molecular weight is 380 g/mol. The lowest BCUT2D eigenvalue weighted by Crippen LogP contribution is -2.31. The Morgan fingerprint density at radius 3 is 2.82 bits per heavy atom. The average Bonchev–Trinajstić information content (AvgIpc) is 3.21. The molecule has 2 aromatic carbocycles. The summed E-state index contributed by atoms with van der Waals surface area (Å²) in [4.78, 5) is 16.7. The molecular weight excluding hydrogens is 352 g/mol. The van der Waals surface area contributed by atoms with Gasteiger partial charge in [-0.2, -0.15) is 0 Å². The van der Waals surface area contributed by atoms with E-state index in [1.165, 1.54) is 11.1 Å². The molecule has 0 bridgehead atoms. The Kier molecular flexibility index (Phi) is 6.66. The van der Waals surface area contributed by atoms with Crippen molar-refractivity contribution in [3.63, 3.8) is 0 Å². The summed E-state index contributed by atoms with van der Waals surface area (Å²) in [5, 5.41) is 6.04. The number of ether oxygens (including phenoxy) is 1. The molecule has 28 heavy (non-hydrogen) atoms. The number of hydrogen-bond donors (Lipinski definition) is 3. The Labute approximate surface area is 166 Å². The molecule has 3 rings (SSSR count). The number of guanidine groups is 1. The van der Waals surface area contributed by atoms with E-state index in [-0.39, 0.29) is 12.0 Å². The molecule has 1 unspecified atom stereocenters. The van der Waals surface area contributed by atoms with Gasteiger partial charge in [0.2, 0.25) is 0 Å². The standard InChI is InChI=1S/C22H28N4O2/c1-15-8-9-19(11-16(15)2)26-22(23)25-13-17-5-3-6-18(12-17)21(27)24-14-20-7-4-10-28-20/h3,5-6,8-9,11-12,20H,4,7,10,13-14H2,1-2H3,(H,24,27)(H3,23,25,26). The number of anilines is 1. The van der Waals surface area contributed by atoms with Gasteiger partial charge in [-0.05, 0) is 67.6 Å². The highest BCUT2D eigenvalue weighted by Crippen LogP contribution is 2.14. The fourth-order valence-electron chi connectivity index (χ4n) is 3.11. The minimum absolute atomic E-state index is 0.0949. The lowest BCUT2D eigenvalue weighted by Gasteiger charge is -2.11. The van der Waals surface area contributed by atoms with Crippen molar-refractivity contribution < 1.29 is 9.53 Å². The van der Waals surface area contributed by atoms with Crippen LogP contribution in [0.4, 0.5) is 5.69 Å². The van der Waals surface area contributed by atoms with Gasteiger partial charge in [0.25, 0.3) is 5.91 Å². The summed E-state index contributed by atoms with van der Waals surface area (Å²) >= 11 is 0. The number of benzene rings is 2. The first-order chi connectivity index (χ1) is 13.5. The zero-order valence-electron chi connectivity index (χ0n) is 16.5. The van der Waals surface area contributed by atoms with Gasteiger partial charge in [0.05, 0.1) is 12.6 Å². The van der Waals surface area contributed by atoms with Crippen molar-refractivity contribution in [3.05, 3.63) is 64.7 Å². The number of hydrogen-bond acceptors (Lipinski definition) is 3. The van der Waals surface area contributed by atoms with E-state index in [9.17, 15) is 4.79 Å². The molecule has 4 N–H and O–H groups in total. The van der Waals surface area contributed by atoms with Crippen LogP contribution in [0.5, 0.6) is 0 Å². The molecule has 6 nitrogen and oxygen atoms in total. The number of nitrogens with two attached hydrogens (primary N) is 1. The maximum Gasteiger partial charge on any atom is 0.251 e. The molecule has 6 heteroatoms. The Hall–Kier alpha value is -2.86. The molecule has 1 aliphatic heterocycles. The van der Waals surface area contributed by atoms with Crippen molar-refractivity contribution in [3.8, 4) is 0 Å². The van der Waals surface area contributed by atoms with Crippen LogP contribution in [0.1, 0.15) is 39.9 Å². The molecule has 1 atom stereocenters. The summed E-state index contributed by atoms with van der Waals surface area (Å²) in [6.45, 7) is 5.86. The van der Waals surface area contributed by atoms with E-state index >= 15 is 0 Å². The molecule has 0 spiro atoms. The highest BCUT2D eigenvalue weighted by molar-refractivity contribution is 5.94. The number of aliphatic imine (C=N–C) groups is 1. The van der Waals surface area contributed by atoms with Crippen LogP contribution in [0.2, 0.25) is 0 Å². The number of carbonyl (C=O) groups is 1. The first-order valence-electron chi connectivity index (χ1n) is 9.64. The summed E-state index contributed by atoms with van der Waals surface area (Å²) in [6, 6.07) is 13.5. The van der Waals surface area contributed by atoms with Crippen molar-refractivity contribution in [1.29, 1.82) is 0 Å². The second-order valence-electron chi connectivity index (χ2n) is 7.17. The lowest BCUT2D eigenvalue weighted by atomic mass is 10.1. The van der Waals surface area contributed by atoms with Gasteiger partial charge in [-0.1, -0.05) is 18.2 Å². The van der Waals surface area contributed by atoms with Gasteiger partial charge in [0.1, 0.15) is 0 Å². The number of amides is 1. The first kappa shape index (κ1) is 19.9. The monoisotopic (exact) mass is 380 g/mol. The van der Waals surface area contributed by atoms with Crippen LogP contribution in [0.15, 0.2) is 47.5 Å². The zero-order chi connectivity index (χ0) is 19.9. The van der Waals surface area contributed by atoms with E-state index in [0.29, 0.717) is 24.6 Å². The van der Waals surface area contributed by atoms with E-state index < -0.39 is 0 Å². The topological polar surface area (TPSA) is 88.7 Å². The summed E-state index contributed by atoms with van der Waals surface area (Å²) < 4.78 is 5.54. The number of rotatable bonds is 6. The molecule has 1 heterocycles. The van der Waals surface area contributed by atoms with E-state index in [2.05, 4.69) is 29.5 Å². The van der Waals surface area contributed by atoms with Gasteiger partial charge in [-0.15, -0.1) is 0 Å². The summed E-state index contributed by atoms with van der Waals surface area (Å²) in [5.74, 6) is 0.249. The van der Waals surface area contributed by atoms with Crippen LogP contribution < -0.4 is 16.4 Å². The van der Waals surface area contributed by atoms with Crippen LogP contribution in [0, 0.1) is 13.8 Å². The normalized spacial score (nSPS) is 16.8. The molecule has 1 saturated heterocycles. The van der Waals surface area contributed by atoms with Crippen molar-refractivity contribution >= 4 is 17.6 Å². The van der Waals surface area contributed by atoms with Gasteiger partial charge < -0.3 is 21.1 Å². The molecule has 0 aromatic heterocycles. The minimum Gasteiger partial charge on any atom is -0.376 e. The lowest BCUT2D eigenvalue weighted by molar-refractivity contribution is 0.0857. The first-order valence-corrected chi connectivity index (χ1v) is 9.64. The fraction of sp³-hybridized carbons (Fsp3) is 0.364. The predicted molar refractivity (Wildman–Crippen MR) is 113 cm³/mol. The SMILES string of the molecule is Cc1ccc(NC(N)=NCc2cccc(C(=O)NCC3CCCO3)c2)cc1C. The Morgan fingerprint density at radius 2 is 2.07 bits per heavy atom. The minimum atomic E-state index is -0.0949. The van der Waals surface area contributed by atoms with Crippen molar-refractivity contribution in [1.82, 2.24) is 5.32 Å². The molecule has 1 fully saturated rings. The third kappa shape index (κ3) is 5.57. The second kappa shape index (κ2) is 9.37. The maximum atomic E-state index is 12.4. The maximum absolute atomic E-state index is 12.4. The highest BCUT2D eigenvalue weighted by atomic mass is 16.5. The number of nitrogens with one attached hydrogen (secondary N) is 2. The fourth-order valence-corrected chi connectivity index (χ4v) is 3.11. The highest BCUT2D eigenvalue weighted by Gasteiger charge is 2.16. The molecule has 1 aliphatic rings. The van der Waals surface area contributed by atoms with Gasteiger partial charge >= 0.3 is 0 Å². The van der Waals surface area contributed by atoms with Gasteiger partial charge in [-0.3, -0.25) is 4.79 Å². The van der Waals surface area contributed by atoms with E-state index in [0.717, 1.165) is 30.7 Å². The summed E-state index contributed by atoms with van der Waals surface area (Å²) in [7, 11) is 0. The Morgan fingerprint density at radius 1 is 1.21 bits per heavy atom. The molecular formula is C22H28N4O2. The predicted octanol–water partition coefficient (Wildman–Crippen LogP) is 3.14. The van der Waals surface area contributed by atoms with Crippen molar-refractivity contribution in [2.24, 2.45) is 10.7 Å².